The molecule has 0 atom stereocenters. The summed E-state index contributed by atoms with van der Waals surface area (Å²) in [6.07, 6.45) is 6.89. The van der Waals surface area contributed by atoms with E-state index in [9.17, 15) is 0 Å². The minimum atomic E-state index is 1.06. The van der Waals surface area contributed by atoms with Crippen LogP contribution in [-0.2, 0) is 0 Å². The van der Waals surface area contributed by atoms with Crippen LogP contribution in [0.5, 0.6) is 0 Å². The van der Waals surface area contributed by atoms with Gasteiger partial charge in [-0.1, -0.05) is 13.0 Å². The van der Waals surface area contributed by atoms with E-state index in [0.717, 1.165) is 6.42 Å². The summed E-state index contributed by atoms with van der Waals surface area (Å²) in [5.41, 5.74) is 1.81. The van der Waals surface area contributed by atoms with Crippen molar-refractivity contribution in [3.05, 3.63) is 12.3 Å². The zero-order valence-electron chi connectivity index (χ0n) is 5.29. The molecule has 0 aromatic carbocycles. The van der Waals surface area contributed by atoms with Crippen molar-refractivity contribution in [1.29, 1.82) is 0 Å². The van der Waals surface area contributed by atoms with Crippen molar-refractivity contribution in [3.8, 4) is 0 Å². The van der Waals surface area contributed by atoms with Crippen LogP contribution in [-0.4, -0.2) is 11.8 Å². The smallest absolute Gasteiger partial charge is 0.0593 e. The Bertz CT molecular complexity index is 74.5. The van der Waals surface area contributed by atoms with Gasteiger partial charge in [-0.15, -0.1) is 11.8 Å². The first-order valence-electron chi connectivity index (χ1n) is 2.61. The van der Waals surface area contributed by atoms with Gasteiger partial charge in [-0.25, -0.2) is 0 Å². The van der Waals surface area contributed by atoms with Gasteiger partial charge in [0, 0.05) is 6.20 Å². The van der Waals surface area contributed by atoms with Crippen LogP contribution in [0.3, 0.4) is 0 Å². The molecule has 0 bridgehead atoms. The fourth-order valence-corrected chi connectivity index (χ4v) is 0.454. The van der Waals surface area contributed by atoms with Gasteiger partial charge in [0.1, 0.15) is 0 Å². The topological polar surface area (TPSA) is 12.4 Å². The molecule has 46 valence electrons. The lowest BCUT2D eigenvalue weighted by Crippen LogP contribution is -1.56. The first-order chi connectivity index (χ1) is 3.91. The summed E-state index contributed by atoms with van der Waals surface area (Å²) in [6.45, 7) is 2.09. The zero-order valence-corrected chi connectivity index (χ0v) is 6.11. The highest BCUT2D eigenvalue weighted by Gasteiger charge is 1.62. The van der Waals surface area contributed by atoms with E-state index in [4.69, 9.17) is 0 Å². The number of allylic oxidation sites excluding steroid dienone is 1. The minimum absolute atomic E-state index is 1.06. The molecule has 0 rings (SSSR count). The molecule has 0 aromatic heterocycles. The Labute approximate surface area is 54.9 Å². The second kappa shape index (κ2) is 6.76. The molecular formula is C6H11NS. The van der Waals surface area contributed by atoms with Gasteiger partial charge in [-0.3, -0.25) is 4.99 Å². The molecule has 1 nitrogen and oxygen atoms in total. The molecule has 0 saturated carbocycles. The van der Waals surface area contributed by atoms with Crippen LogP contribution in [0.15, 0.2) is 17.3 Å². The van der Waals surface area contributed by atoms with E-state index >= 15 is 0 Å². The van der Waals surface area contributed by atoms with Crippen molar-refractivity contribution in [3.63, 3.8) is 0 Å². The predicted octanol–water partition coefficient (Wildman–Crippen LogP) is 2.30. The van der Waals surface area contributed by atoms with Crippen LogP contribution in [0.1, 0.15) is 13.3 Å². The summed E-state index contributed by atoms with van der Waals surface area (Å²) in [5, 5.41) is 0. The summed E-state index contributed by atoms with van der Waals surface area (Å²) in [6, 6.07) is 0. The van der Waals surface area contributed by atoms with Crippen molar-refractivity contribution >= 4 is 17.3 Å². The average Bonchev–Trinajstić information content (AvgIpc) is 1.81. The maximum absolute atomic E-state index is 3.94. The predicted molar refractivity (Wildman–Crippen MR) is 41.4 cm³/mol. The van der Waals surface area contributed by atoms with Gasteiger partial charge in [0.05, 0.1) is 5.55 Å². The fraction of sp³-hybridized carbons (Fsp3) is 0.500. The van der Waals surface area contributed by atoms with Gasteiger partial charge >= 0.3 is 0 Å². The zero-order chi connectivity index (χ0) is 6.24. The lowest BCUT2D eigenvalue weighted by molar-refractivity contribution is 1.21. The van der Waals surface area contributed by atoms with Gasteiger partial charge < -0.3 is 0 Å². The van der Waals surface area contributed by atoms with Crippen LogP contribution < -0.4 is 0 Å². The van der Waals surface area contributed by atoms with Crippen molar-refractivity contribution in [2.45, 2.75) is 13.3 Å². The minimum Gasteiger partial charge on any atom is -0.258 e. The molecular weight excluding hydrogens is 118 g/mol. The highest BCUT2D eigenvalue weighted by molar-refractivity contribution is 8.11. The quantitative estimate of drug-likeness (QED) is 0.420. The van der Waals surface area contributed by atoms with E-state index in [1.165, 1.54) is 0 Å². The molecule has 0 N–H and O–H groups in total. The number of nitrogens with zero attached hydrogens (tertiary/aromatic N) is 1. The van der Waals surface area contributed by atoms with Gasteiger partial charge in [-0.05, 0) is 12.7 Å². The highest BCUT2D eigenvalue weighted by atomic mass is 32.2. The standard InChI is InChI=1S/C6H11NS/c1-3-4-5-7-6-8-2/h4-6H,3H2,1-2H3/b5-4+,7-6-. The normalized spacial score (nSPS) is 11.8. The van der Waals surface area contributed by atoms with Crippen molar-refractivity contribution in [2.24, 2.45) is 4.99 Å². The molecule has 0 saturated heterocycles. The third kappa shape index (κ3) is 5.76. The maximum Gasteiger partial charge on any atom is 0.0593 e. The van der Waals surface area contributed by atoms with Crippen LogP contribution in [0.2, 0.25) is 0 Å². The first kappa shape index (κ1) is 7.76. The van der Waals surface area contributed by atoms with Crippen LogP contribution in [0.25, 0.3) is 0 Å². The van der Waals surface area contributed by atoms with Gasteiger partial charge in [0.2, 0.25) is 0 Å². The monoisotopic (exact) mass is 129 g/mol. The summed E-state index contributed by atoms with van der Waals surface area (Å²) >= 11 is 1.61. The molecule has 0 heterocycles. The fourth-order valence-electron chi connectivity index (χ4n) is 0.262. The molecule has 0 aromatic rings. The van der Waals surface area contributed by atoms with Gasteiger partial charge in [-0.2, -0.15) is 0 Å². The van der Waals surface area contributed by atoms with E-state index < -0.39 is 0 Å². The number of hydrogen-bond acceptors (Lipinski definition) is 2. The Morgan fingerprint density at radius 1 is 1.62 bits per heavy atom. The summed E-state index contributed by atoms with van der Waals surface area (Å²) in [7, 11) is 0. The molecule has 0 aliphatic heterocycles. The van der Waals surface area contributed by atoms with E-state index in [1.807, 2.05) is 24.1 Å². The molecule has 0 aliphatic carbocycles. The first-order valence-corrected chi connectivity index (χ1v) is 3.90. The third-order valence-electron chi connectivity index (χ3n) is 0.593. The van der Waals surface area contributed by atoms with Crippen LogP contribution in [0, 0.1) is 0 Å². The number of rotatable bonds is 3. The van der Waals surface area contributed by atoms with Crippen molar-refractivity contribution in [1.82, 2.24) is 0 Å². The van der Waals surface area contributed by atoms with Gasteiger partial charge in [0.15, 0.2) is 0 Å². The molecule has 0 radical (unpaired) electrons. The third-order valence-corrected chi connectivity index (χ3v) is 0.926. The Morgan fingerprint density at radius 3 is 2.88 bits per heavy atom. The SMILES string of the molecule is CC/C=C/N=C\SC. The van der Waals surface area contributed by atoms with E-state index in [0.29, 0.717) is 0 Å². The van der Waals surface area contributed by atoms with E-state index in [2.05, 4.69) is 11.9 Å². The van der Waals surface area contributed by atoms with Crippen molar-refractivity contribution in [2.75, 3.05) is 6.26 Å². The molecule has 2 heteroatoms. The van der Waals surface area contributed by atoms with E-state index in [1.54, 1.807) is 11.8 Å². The number of aliphatic imine (C=N–C) groups is 1. The maximum atomic E-state index is 3.94. The number of hydrogen-bond donors (Lipinski definition) is 0. The molecule has 0 unspecified atom stereocenters. The van der Waals surface area contributed by atoms with Crippen LogP contribution in [0.4, 0.5) is 0 Å². The lowest BCUT2D eigenvalue weighted by atomic mass is 10.5. The molecule has 8 heavy (non-hydrogen) atoms. The molecule has 0 spiro atoms. The second-order valence-corrected chi connectivity index (χ2v) is 1.97. The average molecular weight is 129 g/mol. The largest absolute Gasteiger partial charge is 0.258 e. The Balaban J connectivity index is 3.13. The number of thioether (sulfide) groups is 1. The Kier molecular flexibility index (Phi) is 6.56. The second-order valence-electron chi connectivity index (χ2n) is 1.28. The molecule has 0 aliphatic rings. The summed E-state index contributed by atoms with van der Waals surface area (Å²) in [4.78, 5) is 3.94. The molecule has 0 amide bonds. The Morgan fingerprint density at radius 2 is 2.38 bits per heavy atom. The van der Waals surface area contributed by atoms with E-state index in [-0.39, 0.29) is 0 Å². The Hall–Kier alpha value is -0.240. The molecule has 0 fully saturated rings. The lowest BCUT2D eigenvalue weighted by Gasteiger charge is -1.74. The van der Waals surface area contributed by atoms with Crippen LogP contribution >= 0.6 is 11.8 Å². The summed E-state index contributed by atoms with van der Waals surface area (Å²) in [5.74, 6) is 0. The summed E-state index contributed by atoms with van der Waals surface area (Å²) < 4.78 is 0. The van der Waals surface area contributed by atoms with Gasteiger partial charge in [0.25, 0.3) is 0 Å². The highest BCUT2D eigenvalue weighted by Crippen LogP contribution is 1.85. The van der Waals surface area contributed by atoms with Crippen molar-refractivity contribution < 1.29 is 0 Å².